The number of nitrogens with one attached hydrogen (secondary N) is 1. The number of carbonyl (C=O) groups excluding carboxylic acids is 1. The Morgan fingerprint density at radius 1 is 0.825 bits per heavy atom. The van der Waals surface area contributed by atoms with Crippen LogP contribution >= 0.6 is 0 Å². The van der Waals surface area contributed by atoms with Gasteiger partial charge in [-0.15, -0.1) is 0 Å². The fraction of sp³-hybridized carbons (Fsp3) is 0.176. The number of nitrogens with zero attached hydrogens (tertiary/aromatic N) is 3. The summed E-state index contributed by atoms with van der Waals surface area (Å²) in [5.74, 6) is 0.692. The smallest absolute Gasteiger partial charge is 0.271 e. The van der Waals surface area contributed by atoms with Crippen LogP contribution in [0.3, 0.4) is 0 Å². The van der Waals surface area contributed by atoms with Gasteiger partial charge in [0.1, 0.15) is 5.75 Å². The van der Waals surface area contributed by atoms with Crippen LogP contribution in [0.1, 0.15) is 21.5 Å². The minimum absolute atomic E-state index is 0.224. The Bertz CT molecular complexity index is 1620. The van der Waals surface area contributed by atoms with Gasteiger partial charge < -0.3 is 9.64 Å². The highest BCUT2D eigenvalue weighted by Crippen LogP contribution is 2.29. The number of hydrazone groups is 1. The van der Waals surface area contributed by atoms with E-state index in [-0.39, 0.29) is 5.91 Å². The minimum atomic E-state index is -0.224. The topological polar surface area (TPSA) is 57.2 Å². The van der Waals surface area contributed by atoms with Crippen molar-refractivity contribution in [3.05, 3.63) is 120 Å². The van der Waals surface area contributed by atoms with E-state index in [9.17, 15) is 4.79 Å². The predicted molar refractivity (Wildman–Crippen MR) is 163 cm³/mol. The molecule has 5 aromatic carbocycles. The number of piperazine rings is 1. The first-order valence-corrected chi connectivity index (χ1v) is 13.6. The van der Waals surface area contributed by atoms with Gasteiger partial charge in [-0.3, -0.25) is 9.69 Å². The van der Waals surface area contributed by atoms with Crippen molar-refractivity contribution in [3.8, 4) is 5.75 Å². The molecule has 1 fully saturated rings. The van der Waals surface area contributed by atoms with Crippen molar-refractivity contribution in [1.29, 1.82) is 0 Å². The molecule has 0 aromatic heterocycles. The molecule has 0 spiro atoms. The molecular weight excluding hydrogens is 496 g/mol. The number of amides is 1. The van der Waals surface area contributed by atoms with Gasteiger partial charge in [-0.25, -0.2) is 5.43 Å². The molecule has 0 radical (unpaired) electrons. The van der Waals surface area contributed by atoms with Crippen LogP contribution in [-0.2, 0) is 6.54 Å². The molecule has 0 aliphatic carbocycles. The van der Waals surface area contributed by atoms with Crippen LogP contribution in [0.2, 0.25) is 0 Å². The van der Waals surface area contributed by atoms with Crippen LogP contribution in [0.5, 0.6) is 5.75 Å². The molecule has 1 amide bonds. The van der Waals surface area contributed by atoms with Crippen LogP contribution < -0.4 is 15.1 Å². The molecule has 6 nitrogen and oxygen atoms in total. The molecule has 0 saturated carbocycles. The second-order valence-electron chi connectivity index (χ2n) is 10.1. The first-order valence-electron chi connectivity index (χ1n) is 13.6. The maximum Gasteiger partial charge on any atom is 0.271 e. The zero-order chi connectivity index (χ0) is 27.3. The molecule has 0 atom stereocenters. The number of benzene rings is 5. The normalized spacial score (nSPS) is 14.2. The van der Waals surface area contributed by atoms with Crippen molar-refractivity contribution in [3.63, 3.8) is 0 Å². The molecule has 0 unspecified atom stereocenters. The third kappa shape index (κ3) is 5.40. The summed E-state index contributed by atoms with van der Waals surface area (Å²) in [4.78, 5) is 17.7. The summed E-state index contributed by atoms with van der Waals surface area (Å²) in [7, 11) is 1.72. The van der Waals surface area contributed by atoms with Crippen molar-refractivity contribution >= 4 is 39.4 Å². The number of carbonyl (C=O) groups is 1. The quantitative estimate of drug-likeness (QED) is 0.158. The average molecular weight is 529 g/mol. The fourth-order valence-corrected chi connectivity index (χ4v) is 5.47. The standard InChI is InChI=1S/C34H32N4O2/c1-40-33-13-7-6-12-32(33)38-20-18-37(19-21-38)24-25-14-16-26(17-15-25)34(39)36-35-23-31-29-10-4-2-8-27(29)22-28-9-3-5-11-30(28)31/h2-17,22-23H,18-21,24H2,1H3,(H,36,39). The molecule has 1 saturated heterocycles. The molecule has 5 aromatic rings. The second kappa shape index (κ2) is 11.6. The van der Waals surface area contributed by atoms with Crippen LogP contribution in [0, 0.1) is 0 Å². The van der Waals surface area contributed by atoms with Crippen molar-refractivity contribution in [1.82, 2.24) is 10.3 Å². The summed E-state index contributed by atoms with van der Waals surface area (Å²) in [5, 5.41) is 8.83. The third-order valence-electron chi connectivity index (χ3n) is 7.59. The Morgan fingerprint density at radius 3 is 2.12 bits per heavy atom. The molecule has 40 heavy (non-hydrogen) atoms. The zero-order valence-electron chi connectivity index (χ0n) is 22.6. The Kier molecular flexibility index (Phi) is 7.42. The molecule has 6 heteroatoms. The summed E-state index contributed by atoms with van der Waals surface area (Å²) in [6.45, 7) is 4.69. The van der Waals surface area contributed by atoms with Gasteiger partial charge in [0.25, 0.3) is 5.91 Å². The van der Waals surface area contributed by atoms with Gasteiger partial charge >= 0.3 is 0 Å². The summed E-state index contributed by atoms with van der Waals surface area (Å²) in [6, 6.07) is 34.7. The van der Waals surface area contributed by atoms with Crippen molar-refractivity contribution in [2.24, 2.45) is 5.10 Å². The largest absolute Gasteiger partial charge is 0.495 e. The predicted octanol–water partition coefficient (Wildman–Crippen LogP) is 6.09. The lowest BCUT2D eigenvalue weighted by molar-refractivity contribution is 0.0955. The molecule has 200 valence electrons. The molecule has 1 aliphatic rings. The number of hydrogen-bond acceptors (Lipinski definition) is 5. The number of para-hydroxylation sites is 2. The zero-order valence-corrected chi connectivity index (χ0v) is 22.6. The number of anilines is 1. The summed E-state index contributed by atoms with van der Waals surface area (Å²) in [5.41, 5.74) is 6.63. The van der Waals surface area contributed by atoms with E-state index >= 15 is 0 Å². The fourth-order valence-electron chi connectivity index (χ4n) is 5.47. The molecule has 1 N–H and O–H groups in total. The van der Waals surface area contributed by atoms with E-state index in [0.717, 1.165) is 71.3 Å². The van der Waals surface area contributed by atoms with Crippen LogP contribution in [-0.4, -0.2) is 50.3 Å². The highest BCUT2D eigenvalue weighted by Gasteiger charge is 2.19. The number of rotatable bonds is 7. The van der Waals surface area contributed by atoms with Gasteiger partial charge in [-0.05, 0) is 57.4 Å². The van der Waals surface area contributed by atoms with Gasteiger partial charge in [0, 0.05) is 43.9 Å². The Hall–Kier alpha value is -4.68. The lowest BCUT2D eigenvalue weighted by atomic mass is 9.97. The number of ether oxygens (including phenoxy) is 1. The number of methoxy groups -OCH3 is 1. The van der Waals surface area contributed by atoms with Crippen molar-refractivity contribution in [2.75, 3.05) is 38.2 Å². The third-order valence-corrected chi connectivity index (χ3v) is 7.59. The van der Waals surface area contributed by atoms with Crippen LogP contribution in [0.25, 0.3) is 21.5 Å². The van der Waals surface area contributed by atoms with E-state index in [0.29, 0.717) is 5.56 Å². The van der Waals surface area contributed by atoms with Gasteiger partial charge in [0.05, 0.1) is 19.0 Å². The average Bonchev–Trinajstić information content (AvgIpc) is 3.01. The maximum atomic E-state index is 12.8. The summed E-state index contributed by atoms with van der Waals surface area (Å²) >= 11 is 0. The summed E-state index contributed by atoms with van der Waals surface area (Å²) < 4.78 is 5.54. The molecule has 1 heterocycles. The number of fused-ring (bicyclic) bond motifs is 2. The van der Waals surface area contributed by atoms with Crippen LogP contribution in [0.15, 0.2) is 108 Å². The highest BCUT2D eigenvalue weighted by molar-refractivity contribution is 6.13. The highest BCUT2D eigenvalue weighted by atomic mass is 16.5. The monoisotopic (exact) mass is 528 g/mol. The summed E-state index contributed by atoms with van der Waals surface area (Å²) in [6.07, 6.45) is 1.75. The van der Waals surface area contributed by atoms with E-state index in [2.05, 4.69) is 62.8 Å². The lowest BCUT2D eigenvalue weighted by Gasteiger charge is -2.36. The van der Waals surface area contributed by atoms with E-state index in [1.807, 2.05) is 60.7 Å². The second-order valence-corrected chi connectivity index (χ2v) is 10.1. The molecule has 1 aliphatic heterocycles. The van der Waals surface area contributed by atoms with E-state index in [1.54, 1.807) is 13.3 Å². The SMILES string of the molecule is COc1ccccc1N1CCN(Cc2ccc(C(=O)NN=Cc3c4ccccc4cc4ccccc34)cc2)CC1. The van der Waals surface area contributed by atoms with E-state index < -0.39 is 0 Å². The lowest BCUT2D eigenvalue weighted by Crippen LogP contribution is -2.46. The van der Waals surface area contributed by atoms with Gasteiger partial charge in [0.2, 0.25) is 0 Å². The Morgan fingerprint density at radius 2 is 1.45 bits per heavy atom. The van der Waals surface area contributed by atoms with E-state index in [4.69, 9.17) is 4.74 Å². The molecule has 0 bridgehead atoms. The molecular formula is C34H32N4O2. The number of hydrogen-bond donors (Lipinski definition) is 1. The van der Waals surface area contributed by atoms with Gasteiger partial charge in [-0.2, -0.15) is 5.10 Å². The van der Waals surface area contributed by atoms with E-state index in [1.165, 1.54) is 5.56 Å². The van der Waals surface area contributed by atoms with Gasteiger partial charge in [0.15, 0.2) is 0 Å². The first kappa shape index (κ1) is 25.6. The minimum Gasteiger partial charge on any atom is -0.495 e. The maximum absolute atomic E-state index is 12.8. The van der Waals surface area contributed by atoms with Crippen molar-refractivity contribution in [2.45, 2.75) is 6.54 Å². The Labute approximate surface area is 234 Å². The Balaban J connectivity index is 1.07. The van der Waals surface area contributed by atoms with Crippen molar-refractivity contribution < 1.29 is 9.53 Å². The first-order chi connectivity index (χ1) is 19.7. The van der Waals surface area contributed by atoms with Crippen LogP contribution in [0.4, 0.5) is 5.69 Å². The van der Waals surface area contributed by atoms with Gasteiger partial charge in [-0.1, -0.05) is 72.8 Å². The molecule has 6 rings (SSSR count).